The second-order valence-electron chi connectivity index (χ2n) is 1.08. The minimum absolute atomic E-state index is 0.273. The standard InChI is InChI=1S/C2H3O7S/c3-1-2(4)8-9-10(5,6)7/h1-2H,(H,5,6,7)/q-1/p-1. The van der Waals surface area contributed by atoms with Gasteiger partial charge in [-0.15, -0.1) is 4.33 Å². The third-order valence-electron chi connectivity index (χ3n) is 0.329. The summed E-state index contributed by atoms with van der Waals surface area (Å²) >= 11 is 0. The monoisotopic (exact) mass is 170 g/mol. The van der Waals surface area contributed by atoms with Crippen molar-refractivity contribution in [3.8, 4) is 0 Å². The van der Waals surface area contributed by atoms with E-state index in [0.29, 0.717) is 0 Å². The Balaban J connectivity index is 3.66. The predicted molar refractivity (Wildman–Crippen MR) is 21.7 cm³/mol. The Morgan fingerprint density at radius 1 is 1.50 bits per heavy atom. The first kappa shape index (κ1) is 9.46. The molecule has 10 heavy (non-hydrogen) atoms. The molecule has 7 nitrogen and oxygen atoms in total. The van der Waals surface area contributed by atoms with Crippen molar-refractivity contribution < 1.29 is 32.1 Å². The van der Waals surface area contributed by atoms with E-state index in [-0.39, 0.29) is 6.29 Å². The molecule has 0 heterocycles. The van der Waals surface area contributed by atoms with Crippen LogP contribution in [0.3, 0.4) is 0 Å². The molecule has 0 aromatic rings. The summed E-state index contributed by atoms with van der Waals surface area (Å²) < 4.78 is 31.4. The van der Waals surface area contributed by atoms with Crippen molar-refractivity contribution in [1.82, 2.24) is 0 Å². The highest BCUT2D eigenvalue weighted by molar-refractivity contribution is 7.80. The molecule has 0 aliphatic heterocycles. The van der Waals surface area contributed by atoms with Gasteiger partial charge in [-0.05, 0) is 0 Å². The molecule has 8 heteroatoms. The summed E-state index contributed by atoms with van der Waals surface area (Å²) in [6.45, 7) is 0. The van der Waals surface area contributed by atoms with Gasteiger partial charge < -0.3 is 14.5 Å². The van der Waals surface area contributed by atoms with Crippen molar-refractivity contribution in [2.45, 2.75) is 6.29 Å². The van der Waals surface area contributed by atoms with Gasteiger partial charge in [-0.1, -0.05) is 0 Å². The highest BCUT2D eigenvalue weighted by Gasteiger charge is 1.96. The number of rotatable bonds is 4. The summed E-state index contributed by atoms with van der Waals surface area (Å²) in [5.74, 6) is 0. The van der Waals surface area contributed by atoms with Crippen molar-refractivity contribution in [3.63, 3.8) is 0 Å². The van der Waals surface area contributed by atoms with Crippen molar-refractivity contribution in [2.24, 2.45) is 0 Å². The van der Waals surface area contributed by atoms with E-state index in [9.17, 15) is 22.9 Å². The van der Waals surface area contributed by atoms with Gasteiger partial charge in [-0.2, -0.15) is 0 Å². The molecule has 60 valence electrons. The molecule has 1 atom stereocenters. The lowest BCUT2D eigenvalue weighted by atomic mass is 10.8. The fourth-order valence-corrected chi connectivity index (χ4v) is 0.283. The van der Waals surface area contributed by atoms with Crippen molar-refractivity contribution in [3.05, 3.63) is 0 Å². The molecule has 0 N–H and O–H groups in total. The van der Waals surface area contributed by atoms with Crippen molar-refractivity contribution >= 4 is 16.7 Å². The smallest absolute Gasteiger partial charge is 0.245 e. The normalized spacial score (nSPS) is 14.6. The lowest BCUT2D eigenvalue weighted by Gasteiger charge is -2.14. The van der Waals surface area contributed by atoms with Gasteiger partial charge in [-0.3, -0.25) is 0 Å². The Bertz CT molecular complexity index is 192. The van der Waals surface area contributed by atoms with Gasteiger partial charge in [0.2, 0.25) is 10.4 Å². The zero-order valence-corrected chi connectivity index (χ0v) is 5.24. The first-order chi connectivity index (χ1) is 4.45. The molecule has 0 aliphatic rings. The van der Waals surface area contributed by atoms with E-state index in [2.05, 4.69) is 9.22 Å². The zero-order valence-electron chi connectivity index (χ0n) is 4.42. The molecule has 0 saturated carbocycles. The molecule has 1 unspecified atom stereocenters. The second-order valence-corrected chi connectivity index (χ2v) is 2.03. The number of aldehydes is 1. The maximum atomic E-state index is 9.82. The molecular weight excluding hydrogens is 168 g/mol. The van der Waals surface area contributed by atoms with E-state index in [4.69, 9.17) is 0 Å². The number of hydrogen-bond acceptors (Lipinski definition) is 7. The molecular formula is C2H2O7S-2. The lowest BCUT2D eigenvalue weighted by Crippen LogP contribution is -2.30. The zero-order chi connectivity index (χ0) is 8.20. The van der Waals surface area contributed by atoms with Crippen LogP contribution in [0.25, 0.3) is 0 Å². The summed E-state index contributed by atoms with van der Waals surface area (Å²) in [7, 11) is -5.06. The van der Waals surface area contributed by atoms with E-state index in [0.717, 1.165) is 0 Å². The Morgan fingerprint density at radius 2 is 2.00 bits per heavy atom. The molecule has 0 amide bonds. The molecule has 0 aliphatic carbocycles. The van der Waals surface area contributed by atoms with E-state index in [1.165, 1.54) is 0 Å². The highest BCUT2D eigenvalue weighted by Crippen LogP contribution is 1.87. The largest absolute Gasteiger partial charge is 0.823 e. The first-order valence-corrected chi connectivity index (χ1v) is 3.21. The molecule has 0 fully saturated rings. The number of hydrogen-bond donors (Lipinski definition) is 0. The number of carbonyl (C=O) groups is 1. The van der Waals surface area contributed by atoms with E-state index in [1.807, 2.05) is 0 Å². The first-order valence-electron chi connectivity index (χ1n) is 1.87. The van der Waals surface area contributed by atoms with Gasteiger partial charge in [0.25, 0.3) is 0 Å². The Hall–Kier alpha value is -0.540. The lowest BCUT2D eigenvalue weighted by molar-refractivity contribution is -0.517. The minimum Gasteiger partial charge on any atom is -0.823 e. The summed E-state index contributed by atoms with van der Waals surface area (Å²) in [5.41, 5.74) is 0. The Morgan fingerprint density at radius 3 is 2.30 bits per heavy atom. The average Bonchev–Trinajstić information content (AvgIpc) is 1.81. The molecule has 0 spiro atoms. The molecule has 0 aromatic heterocycles. The highest BCUT2D eigenvalue weighted by atomic mass is 32.3. The summed E-state index contributed by atoms with van der Waals surface area (Å²) in [6, 6.07) is 0. The van der Waals surface area contributed by atoms with Crippen molar-refractivity contribution in [1.29, 1.82) is 0 Å². The number of carbonyl (C=O) groups excluding carboxylic acids is 1. The van der Waals surface area contributed by atoms with Crippen LogP contribution >= 0.6 is 0 Å². The van der Waals surface area contributed by atoms with Crippen LogP contribution in [0.2, 0.25) is 0 Å². The molecule has 0 aromatic carbocycles. The van der Waals surface area contributed by atoms with Gasteiger partial charge in [-0.25, -0.2) is 13.3 Å². The Kier molecular flexibility index (Phi) is 3.39. The maximum absolute atomic E-state index is 9.82. The quantitative estimate of drug-likeness (QED) is 0.112. The van der Waals surface area contributed by atoms with E-state index in [1.54, 1.807) is 0 Å². The molecule has 0 rings (SSSR count). The minimum atomic E-state index is -5.06. The summed E-state index contributed by atoms with van der Waals surface area (Å²) in [5, 5.41) is 9.82. The van der Waals surface area contributed by atoms with Crippen LogP contribution in [-0.4, -0.2) is 25.5 Å². The van der Waals surface area contributed by atoms with Crippen molar-refractivity contribution in [2.75, 3.05) is 0 Å². The Labute approximate surface area is 56.1 Å². The van der Waals surface area contributed by atoms with E-state index < -0.39 is 16.7 Å². The van der Waals surface area contributed by atoms with Crippen LogP contribution in [0, 0.1) is 0 Å². The fraction of sp³-hybridized carbons (Fsp3) is 0.500. The molecule has 0 bridgehead atoms. The van der Waals surface area contributed by atoms with Gasteiger partial charge in [0.05, 0.1) is 6.29 Å². The predicted octanol–water partition coefficient (Wildman–Crippen LogP) is -2.72. The summed E-state index contributed by atoms with van der Waals surface area (Å²) in [4.78, 5) is 12.6. The van der Waals surface area contributed by atoms with Crippen LogP contribution in [0.4, 0.5) is 0 Å². The van der Waals surface area contributed by atoms with Crippen LogP contribution in [-0.2, 0) is 24.4 Å². The van der Waals surface area contributed by atoms with E-state index >= 15 is 0 Å². The maximum Gasteiger partial charge on any atom is 0.245 e. The third kappa shape index (κ3) is 5.59. The topological polar surface area (TPSA) is 116 Å². The van der Waals surface area contributed by atoms with Crippen LogP contribution in [0.15, 0.2) is 0 Å². The van der Waals surface area contributed by atoms with Gasteiger partial charge in [0.15, 0.2) is 0 Å². The van der Waals surface area contributed by atoms with Gasteiger partial charge >= 0.3 is 0 Å². The summed E-state index contributed by atoms with van der Waals surface area (Å²) in [6.07, 6.45) is -2.59. The SMILES string of the molecule is O=CC([O-])OOS(=O)(=O)[O-]. The van der Waals surface area contributed by atoms with Crippen LogP contribution in [0.1, 0.15) is 0 Å². The average molecular weight is 170 g/mol. The van der Waals surface area contributed by atoms with Crippen LogP contribution < -0.4 is 5.11 Å². The van der Waals surface area contributed by atoms with Gasteiger partial charge in [0.1, 0.15) is 6.29 Å². The fourth-order valence-electron chi connectivity index (χ4n) is 0.110. The van der Waals surface area contributed by atoms with Gasteiger partial charge in [0, 0.05) is 0 Å². The van der Waals surface area contributed by atoms with Crippen LogP contribution in [0.5, 0.6) is 0 Å². The molecule has 0 saturated heterocycles. The third-order valence-corrected chi connectivity index (χ3v) is 0.574. The second kappa shape index (κ2) is 3.58. The molecule has 0 radical (unpaired) electrons.